The molecule has 104 valence electrons. The second kappa shape index (κ2) is 6.09. The third-order valence-electron chi connectivity index (χ3n) is 2.55. The van der Waals surface area contributed by atoms with Crippen molar-refractivity contribution in [2.45, 2.75) is 6.42 Å². The minimum Gasteiger partial charge on any atom is -0.325 e. The highest BCUT2D eigenvalue weighted by molar-refractivity contribution is 9.10. The number of hydrogen-bond acceptors (Lipinski definition) is 1. The van der Waals surface area contributed by atoms with Crippen molar-refractivity contribution in [3.05, 3.63) is 63.9 Å². The van der Waals surface area contributed by atoms with Gasteiger partial charge in [0.15, 0.2) is 11.6 Å². The van der Waals surface area contributed by atoms with E-state index in [1.807, 2.05) is 0 Å². The summed E-state index contributed by atoms with van der Waals surface area (Å²) in [6.45, 7) is 0. The number of benzene rings is 2. The second-order valence-corrected chi connectivity index (χ2v) is 4.95. The fraction of sp³-hybridized carbons (Fsp3) is 0.0714. The normalized spacial score (nSPS) is 10.4. The van der Waals surface area contributed by atoms with E-state index >= 15 is 0 Å². The number of hydrogen-bond donors (Lipinski definition) is 1. The van der Waals surface area contributed by atoms with Crippen LogP contribution in [0, 0.1) is 17.5 Å². The van der Waals surface area contributed by atoms with Gasteiger partial charge < -0.3 is 5.32 Å². The van der Waals surface area contributed by atoms with Crippen LogP contribution in [0.5, 0.6) is 0 Å². The van der Waals surface area contributed by atoms with Crippen LogP contribution in [0.1, 0.15) is 5.56 Å². The summed E-state index contributed by atoms with van der Waals surface area (Å²) < 4.78 is 39.1. The average Bonchev–Trinajstić information content (AvgIpc) is 2.37. The molecule has 2 nitrogen and oxygen atoms in total. The van der Waals surface area contributed by atoms with Gasteiger partial charge in [0.05, 0.1) is 12.1 Å². The zero-order valence-electron chi connectivity index (χ0n) is 10.1. The Morgan fingerprint density at radius 2 is 1.80 bits per heavy atom. The third-order valence-corrected chi connectivity index (χ3v) is 3.21. The molecule has 0 atom stereocenters. The summed E-state index contributed by atoms with van der Waals surface area (Å²) in [5.41, 5.74) is 0.749. The van der Waals surface area contributed by atoms with Gasteiger partial charge in [-0.1, -0.05) is 6.07 Å². The zero-order chi connectivity index (χ0) is 14.7. The first kappa shape index (κ1) is 14.6. The molecular formula is C14H9BrF3NO. The van der Waals surface area contributed by atoms with Gasteiger partial charge in [-0.25, -0.2) is 13.2 Å². The maximum atomic E-state index is 13.0. The molecule has 0 aliphatic heterocycles. The molecule has 1 N–H and O–H groups in total. The van der Waals surface area contributed by atoms with E-state index in [0.29, 0.717) is 15.7 Å². The largest absolute Gasteiger partial charge is 0.325 e. The highest BCUT2D eigenvalue weighted by Crippen LogP contribution is 2.23. The number of carbonyl (C=O) groups excluding carboxylic acids is 1. The number of halogens is 4. The number of rotatable bonds is 3. The summed E-state index contributed by atoms with van der Waals surface area (Å²) in [5, 5.41) is 2.55. The van der Waals surface area contributed by atoms with E-state index in [0.717, 1.165) is 12.1 Å². The molecule has 2 aromatic rings. The molecule has 0 bridgehead atoms. The van der Waals surface area contributed by atoms with Crippen molar-refractivity contribution in [2.24, 2.45) is 0 Å². The quantitative estimate of drug-likeness (QED) is 0.894. The van der Waals surface area contributed by atoms with Crippen molar-refractivity contribution in [3.8, 4) is 0 Å². The summed E-state index contributed by atoms with van der Waals surface area (Å²) in [6.07, 6.45) is -0.110. The molecule has 20 heavy (non-hydrogen) atoms. The van der Waals surface area contributed by atoms with Gasteiger partial charge in [-0.2, -0.15) is 0 Å². The maximum Gasteiger partial charge on any atom is 0.228 e. The highest BCUT2D eigenvalue weighted by atomic mass is 79.9. The number of amides is 1. The molecule has 0 radical (unpaired) electrons. The van der Waals surface area contributed by atoms with E-state index in [1.165, 1.54) is 24.3 Å². The van der Waals surface area contributed by atoms with Gasteiger partial charge in [-0.3, -0.25) is 4.79 Å². The van der Waals surface area contributed by atoms with Gasteiger partial charge in [0, 0.05) is 4.47 Å². The third kappa shape index (κ3) is 3.60. The summed E-state index contributed by atoms with van der Waals surface area (Å²) >= 11 is 3.12. The fourth-order valence-electron chi connectivity index (χ4n) is 1.62. The Labute approximate surface area is 121 Å². The van der Waals surface area contributed by atoms with Crippen LogP contribution in [0.25, 0.3) is 0 Å². The van der Waals surface area contributed by atoms with E-state index in [1.54, 1.807) is 0 Å². The minimum atomic E-state index is -1.00. The van der Waals surface area contributed by atoms with E-state index in [9.17, 15) is 18.0 Å². The van der Waals surface area contributed by atoms with Crippen molar-refractivity contribution in [2.75, 3.05) is 5.32 Å². The van der Waals surface area contributed by atoms with Crippen LogP contribution < -0.4 is 5.32 Å². The Kier molecular flexibility index (Phi) is 4.44. The van der Waals surface area contributed by atoms with Gasteiger partial charge in [0.1, 0.15) is 5.82 Å². The molecule has 0 aliphatic rings. The Morgan fingerprint density at radius 1 is 1.05 bits per heavy atom. The standard InChI is InChI=1S/C14H9BrF3NO/c15-10-7-9(16)2-4-13(10)19-14(20)6-8-1-3-11(17)12(18)5-8/h1-5,7H,6H2,(H,19,20). The Balaban J connectivity index is 2.07. The predicted molar refractivity (Wildman–Crippen MR) is 72.8 cm³/mol. The molecule has 2 aromatic carbocycles. The number of carbonyl (C=O) groups is 1. The summed E-state index contributed by atoms with van der Waals surface area (Å²) in [7, 11) is 0. The topological polar surface area (TPSA) is 29.1 Å². The Morgan fingerprint density at radius 3 is 2.45 bits per heavy atom. The van der Waals surface area contributed by atoms with Crippen molar-refractivity contribution >= 4 is 27.5 Å². The molecule has 0 heterocycles. The van der Waals surface area contributed by atoms with Gasteiger partial charge in [0.25, 0.3) is 0 Å². The van der Waals surface area contributed by atoms with Crippen molar-refractivity contribution in [3.63, 3.8) is 0 Å². The molecule has 0 saturated heterocycles. The van der Waals surface area contributed by atoms with E-state index in [2.05, 4.69) is 21.2 Å². The Bertz CT molecular complexity index is 661. The van der Waals surface area contributed by atoms with Crippen LogP contribution in [-0.4, -0.2) is 5.91 Å². The van der Waals surface area contributed by atoms with Crippen molar-refractivity contribution < 1.29 is 18.0 Å². The summed E-state index contributed by atoms with van der Waals surface area (Å²) in [4.78, 5) is 11.8. The molecule has 0 aliphatic carbocycles. The molecule has 6 heteroatoms. The van der Waals surface area contributed by atoms with Gasteiger partial charge >= 0.3 is 0 Å². The molecule has 0 spiro atoms. The van der Waals surface area contributed by atoms with Crippen molar-refractivity contribution in [1.82, 2.24) is 0 Å². The van der Waals surface area contributed by atoms with Crippen LogP contribution in [0.15, 0.2) is 40.9 Å². The van der Waals surface area contributed by atoms with Crippen molar-refractivity contribution in [1.29, 1.82) is 0 Å². The fourth-order valence-corrected chi connectivity index (χ4v) is 2.07. The molecule has 2 rings (SSSR count). The van der Waals surface area contributed by atoms with Gasteiger partial charge in [-0.15, -0.1) is 0 Å². The van der Waals surface area contributed by atoms with Crippen LogP contribution in [0.2, 0.25) is 0 Å². The molecule has 0 saturated carbocycles. The van der Waals surface area contributed by atoms with E-state index in [-0.39, 0.29) is 6.42 Å². The maximum absolute atomic E-state index is 13.0. The van der Waals surface area contributed by atoms with Gasteiger partial charge in [0.2, 0.25) is 5.91 Å². The van der Waals surface area contributed by atoms with E-state index < -0.39 is 23.4 Å². The van der Waals surface area contributed by atoms with E-state index in [4.69, 9.17) is 0 Å². The minimum absolute atomic E-state index is 0.110. The molecule has 0 unspecified atom stereocenters. The average molecular weight is 344 g/mol. The first-order chi connectivity index (χ1) is 9.45. The lowest BCUT2D eigenvalue weighted by molar-refractivity contribution is -0.115. The second-order valence-electron chi connectivity index (χ2n) is 4.10. The lowest BCUT2D eigenvalue weighted by Gasteiger charge is -2.07. The molecule has 0 fully saturated rings. The SMILES string of the molecule is O=C(Cc1ccc(F)c(F)c1)Nc1ccc(F)cc1Br. The molecular weight excluding hydrogens is 335 g/mol. The monoisotopic (exact) mass is 343 g/mol. The highest BCUT2D eigenvalue weighted by Gasteiger charge is 2.09. The zero-order valence-corrected chi connectivity index (χ0v) is 11.7. The van der Waals surface area contributed by atoms with Gasteiger partial charge in [-0.05, 0) is 51.8 Å². The van der Waals surface area contributed by atoms with Crippen LogP contribution in [0.3, 0.4) is 0 Å². The number of nitrogens with one attached hydrogen (secondary N) is 1. The van der Waals surface area contributed by atoms with Crippen LogP contribution in [-0.2, 0) is 11.2 Å². The lowest BCUT2D eigenvalue weighted by atomic mass is 10.1. The summed E-state index contributed by atoms with van der Waals surface area (Å²) in [6, 6.07) is 7.09. The lowest BCUT2D eigenvalue weighted by Crippen LogP contribution is -2.15. The number of anilines is 1. The molecule has 1 amide bonds. The van der Waals surface area contributed by atoms with Crippen LogP contribution in [0.4, 0.5) is 18.9 Å². The molecule has 0 aromatic heterocycles. The smallest absolute Gasteiger partial charge is 0.228 e. The van der Waals surface area contributed by atoms with Crippen LogP contribution >= 0.6 is 15.9 Å². The predicted octanol–water partition coefficient (Wildman–Crippen LogP) is 4.05. The first-order valence-electron chi connectivity index (χ1n) is 5.64. The Hall–Kier alpha value is -1.82. The summed E-state index contributed by atoms with van der Waals surface area (Å²) in [5.74, 6) is -2.81. The first-order valence-corrected chi connectivity index (χ1v) is 6.44.